The lowest BCUT2D eigenvalue weighted by Gasteiger charge is -2.15. The fraction of sp³-hybridized carbons (Fsp3) is 0.312. The zero-order chi connectivity index (χ0) is 16.6. The molecule has 0 bridgehead atoms. The summed E-state index contributed by atoms with van der Waals surface area (Å²) in [5, 5.41) is 3.32. The van der Waals surface area contributed by atoms with Crippen molar-refractivity contribution in [2.24, 2.45) is 9.98 Å². The van der Waals surface area contributed by atoms with Gasteiger partial charge in [-0.25, -0.2) is 14.6 Å². The van der Waals surface area contributed by atoms with Crippen molar-refractivity contribution in [2.75, 3.05) is 20.6 Å². The highest BCUT2D eigenvalue weighted by atomic mass is 16.2. The summed E-state index contributed by atoms with van der Waals surface area (Å²) in [5.74, 6) is 0.404. The van der Waals surface area contributed by atoms with Crippen LogP contribution in [0.1, 0.15) is 18.5 Å². The number of carbonyl (C=O) groups is 2. The summed E-state index contributed by atoms with van der Waals surface area (Å²) in [6, 6.07) is 9.75. The van der Waals surface area contributed by atoms with Crippen LogP contribution in [0.15, 0.2) is 40.3 Å². The first kappa shape index (κ1) is 15.2. The van der Waals surface area contributed by atoms with Crippen molar-refractivity contribution in [3.8, 4) is 0 Å². The molecule has 0 fully saturated rings. The lowest BCUT2D eigenvalue weighted by atomic mass is 10.1. The second-order valence-corrected chi connectivity index (χ2v) is 5.53. The van der Waals surface area contributed by atoms with Gasteiger partial charge in [0, 0.05) is 6.04 Å². The quantitative estimate of drug-likeness (QED) is 0.836. The lowest BCUT2D eigenvalue weighted by molar-refractivity contribution is -0.401. The van der Waals surface area contributed by atoms with Crippen LogP contribution in [0.25, 0.3) is 0 Å². The van der Waals surface area contributed by atoms with Crippen molar-refractivity contribution in [1.82, 2.24) is 10.2 Å². The van der Waals surface area contributed by atoms with Crippen LogP contribution in [0.2, 0.25) is 0 Å². The number of amidine groups is 2. The predicted molar refractivity (Wildman–Crippen MR) is 87.1 cm³/mol. The molecule has 7 nitrogen and oxygen atoms in total. The molecule has 3 amide bonds. The average Bonchev–Trinajstić information content (AvgIpc) is 3.01. The summed E-state index contributed by atoms with van der Waals surface area (Å²) < 4.78 is 1.34. The molecule has 0 saturated carbocycles. The SMILES string of the molecule is CC(NCC1=NC2=[N+](C)C(=O)N(C)C(=O)C2=N1)c1ccccc1. The molecule has 1 unspecified atom stereocenters. The molecule has 0 aromatic heterocycles. The van der Waals surface area contributed by atoms with Gasteiger partial charge in [-0.2, -0.15) is 9.48 Å². The maximum Gasteiger partial charge on any atom is 0.446 e. The summed E-state index contributed by atoms with van der Waals surface area (Å²) in [6.45, 7) is 2.47. The summed E-state index contributed by atoms with van der Waals surface area (Å²) in [4.78, 5) is 33.6. The highest BCUT2D eigenvalue weighted by Gasteiger charge is 2.44. The third-order valence-corrected chi connectivity index (χ3v) is 3.95. The zero-order valence-electron chi connectivity index (χ0n) is 13.3. The van der Waals surface area contributed by atoms with E-state index in [1.54, 1.807) is 7.05 Å². The summed E-state index contributed by atoms with van der Waals surface area (Å²) in [5.41, 5.74) is 1.38. The number of urea groups is 1. The molecule has 2 heterocycles. The second-order valence-electron chi connectivity index (χ2n) is 5.53. The van der Waals surface area contributed by atoms with Crippen LogP contribution in [0.5, 0.6) is 0 Å². The number of nitrogens with zero attached hydrogens (tertiary/aromatic N) is 4. The maximum atomic E-state index is 12.1. The Labute approximate surface area is 134 Å². The van der Waals surface area contributed by atoms with Crippen LogP contribution in [-0.2, 0) is 4.79 Å². The van der Waals surface area contributed by atoms with Crippen LogP contribution >= 0.6 is 0 Å². The van der Waals surface area contributed by atoms with Gasteiger partial charge in [-0.3, -0.25) is 0 Å². The molecule has 0 radical (unpaired) electrons. The average molecular weight is 312 g/mol. The molecule has 0 spiro atoms. The van der Waals surface area contributed by atoms with Gasteiger partial charge in [0.1, 0.15) is 0 Å². The van der Waals surface area contributed by atoms with Crippen molar-refractivity contribution < 1.29 is 14.2 Å². The number of hydrogen-bond acceptors (Lipinski definition) is 5. The molecule has 1 N–H and O–H groups in total. The number of benzene rings is 1. The number of rotatable bonds is 4. The number of hydrogen-bond donors (Lipinski definition) is 1. The first-order valence-corrected chi connectivity index (χ1v) is 7.36. The lowest BCUT2D eigenvalue weighted by Crippen LogP contribution is -2.51. The molecule has 0 aliphatic carbocycles. The van der Waals surface area contributed by atoms with E-state index in [-0.39, 0.29) is 11.8 Å². The van der Waals surface area contributed by atoms with E-state index in [4.69, 9.17) is 0 Å². The van der Waals surface area contributed by atoms with E-state index >= 15 is 0 Å². The normalized spacial score (nSPS) is 18.8. The molecular weight excluding hydrogens is 294 g/mol. The monoisotopic (exact) mass is 312 g/mol. The van der Waals surface area contributed by atoms with Gasteiger partial charge in [0.25, 0.3) is 0 Å². The van der Waals surface area contributed by atoms with Gasteiger partial charge in [-0.05, 0) is 12.5 Å². The Balaban J connectivity index is 1.75. The topological polar surface area (TPSA) is 77.1 Å². The van der Waals surface area contributed by atoms with Crippen molar-refractivity contribution >= 4 is 29.3 Å². The van der Waals surface area contributed by atoms with Crippen molar-refractivity contribution in [2.45, 2.75) is 13.0 Å². The number of fused-ring (bicyclic) bond motifs is 1. The van der Waals surface area contributed by atoms with Gasteiger partial charge < -0.3 is 5.32 Å². The Hall–Kier alpha value is -2.67. The Kier molecular flexibility index (Phi) is 3.87. The Morgan fingerprint density at radius 1 is 1.22 bits per heavy atom. The molecule has 1 aromatic carbocycles. The summed E-state index contributed by atoms with van der Waals surface area (Å²) >= 11 is 0. The molecule has 7 heteroatoms. The first-order chi connectivity index (χ1) is 11.0. The van der Waals surface area contributed by atoms with Gasteiger partial charge in [0.2, 0.25) is 11.5 Å². The van der Waals surface area contributed by atoms with Crippen molar-refractivity contribution in [1.29, 1.82) is 0 Å². The van der Waals surface area contributed by atoms with E-state index in [0.717, 1.165) is 10.5 Å². The summed E-state index contributed by atoms with van der Waals surface area (Å²) in [7, 11) is 3.02. The molecule has 118 valence electrons. The molecule has 0 saturated heterocycles. The second kappa shape index (κ2) is 5.85. The smallest absolute Gasteiger partial charge is 0.302 e. The van der Waals surface area contributed by atoms with E-state index in [0.29, 0.717) is 18.2 Å². The predicted octanol–water partition coefficient (Wildman–Crippen LogP) is 0.823. The number of nitrogens with one attached hydrogen (secondary N) is 1. The fourth-order valence-corrected chi connectivity index (χ4v) is 2.50. The number of amides is 3. The largest absolute Gasteiger partial charge is 0.446 e. The van der Waals surface area contributed by atoms with Gasteiger partial charge in [-0.15, -0.1) is 0 Å². The molecule has 1 atom stereocenters. The van der Waals surface area contributed by atoms with E-state index in [1.165, 1.54) is 11.6 Å². The van der Waals surface area contributed by atoms with Gasteiger partial charge >= 0.3 is 17.8 Å². The number of carbonyl (C=O) groups excluding carboxylic acids is 2. The minimum absolute atomic E-state index is 0.129. The van der Waals surface area contributed by atoms with Crippen LogP contribution < -0.4 is 5.32 Å². The molecular formula is C16H18N5O2+. The highest BCUT2D eigenvalue weighted by molar-refractivity contribution is 6.70. The standard InChI is InChI=1S/C16H18N5O2/c1-10(11-7-5-4-6-8-11)17-9-12-18-13-14(19-12)20(2)16(23)21(3)15(13)22/h4-8,10,17H,9H2,1-3H3/q+1. The van der Waals surface area contributed by atoms with E-state index in [9.17, 15) is 9.59 Å². The molecule has 2 aliphatic heterocycles. The van der Waals surface area contributed by atoms with Crippen molar-refractivity contribution in [3.05, 3.63) is 35.9 Å². The number of aliphatic imine (C=N–C) groups is 2. The van der Waals surface area contributed by atoms with E-state index in [1.807, 2.05) is 37.3 Å². The Morgan fingerprint density at radius 2 is 1.91 bits per heavy atom. The minimum atomic E-state index is -0.419. The Morgan fingerprint density at radius 3 is 2.61 bits per heavy atom. The fourth-order valence-electron chi connectivity index (χ4n) is 2.50. The van der Waals surface area contributed by atoms with Crippen molar-refractivity contribution in [3.63, 3.8) is 0 Å². The third-order valence-electron chi connectivity index (χ3n) is 3.95. The highest BCUT2D eigenvalue weighted by Crippen LogP contribution is 2.13. The van der Waals surface area contributed by atoms with Crippen LogP contribution in [0, 0.1) is 0 Å². The molecule has 2 aliphatic rings. The maximum absolute atomic E-state index is 12.1. The van der Waals surface area contributed by atoms with Crippen LogP contribution in [0.3, 0.4) is 0 Å². The minimum Gasteiger partial charge on any atom is -0.302 e. The molecule has 3 rings (SSSR count). The summed E-state index contributed by atoms with van der Waals surface area (Å²) in [6.07, 6.45) is 0. The van der Waals surface area contributed by atoms with E-state index < -0.39 is 11.9 Å². The van der Waals surface area contributed by atoms with Crippen LogP contribution in [0.4, 0.5) is 4.79 Å². The third kappa shape index (κ3) is 2.70. The molecule has 23 heavy (non-hydrogen) atoms. The first-order valence-electron chi connectivity index (χ1n) is 7.36. The number of imide groups is 1. The Bertz CT molecular complexity index is 764. The zero-order valence-corrected chi connectivity index (χ0v) is 13.3. The van der Waals surface area contributed by atoms with Gasteiger partial charge in [-0.1, -0.05) is 35.3 Å². The van der Waals surface area contributed by atoms with Gasteiger partial charge in [0.15, 0.2) is 0 Å². The van der Waals surface area contributed by atoms with Gasteiger partial charge in [0.05, 0.1) is 20.6 Å². The van der Waals surface area contributed by atoms with E-state index in [2.05, 4.69) is 15.3 Å². The molecule has 1 aromatic rings. The van der Waals surface area contributed by atoms with Crippen LogP contribution in [-0.4, -0.2) is 59.4 Å².